The van der Waals surface area contributed by atoms with Crippen molar-refractivity contribution >= 4 is 5.69 Å². The smallest absolute Gasteiger partial charge is 0.142 e. The lowest BCUT2D eigenvalue weighted by Gasteiger charge is -2.30. The van der Waals surface area contributed by atoms with Crippen molar-refractivity contribution in [1.29, 1.82) is 0 Å². The van der Waals surface area contributed by atoms with Gasteiger partial charge in [-0.2, -0.15) is 0 Å². The van der Waals surface area contributed by atoms with Crippen LogP contribution < -0.4 is 15.0 Å². The molecule has 1 N–H and O–H groups in total. The van der Waals surface area contributed by atoms with E-state index in [9.17, 15) is 0 Å². The third kappa shape index (κ3) is 3.21. The molecule has 0 saturated heterocycles. The second-order valence-corrected chi connectivity index (χ2v) is 5.73. The van der Waals surface area contributed by atoms with E-state index in [1.54, 1.807) is 0 Å². The van der Waals surface area contributed by atoms with Crippen molar-refractivity contribution in [2.24, 2.45) is 0 Å². The lowest BCUT2D eigenvalue weighted by molar-refractivity contribution is 0.322. The molecule has 19 heavy (non-hydrogen) atoms. The highest BCUT2D eigenvalue weighted by Gasteiger charge is 2.23. The Morgan fingerprint density at radius 2 is 2.21 bits per heavy atom. The second-order valence-electron chi connectivity index (χ2n) is 5.73. The third-order valence-electron chi connectivity index (χ3n) is 4.08. The zero-order chi connectivity index (χ0) is 13.1. The minimum absolute atomic E-state index is 0.564. The summed E-state index contributed by atoms with van der Waals surface area (Å²) in [6.07, 6.45) is 5.05. The number of para-hydroxylation sites is 2. The van der Waals surface area contributed by atoms with Gasteiger partial charge in [0.2, 0.25) is 0 Å². The van der Waals surface area contributed by atoms with Crippen molar-refractivity contribution in [2.75, 3.05) is 24.6 Å². The first kappa shape index (κ1) is 12.8. The Balaban J connectivity index is 1.64. The highest BCUT2D eigenvalue weighted by atomic mass is 16.5. The molecule has 1 aliphatic heterocycles. The quantitative estimate of drug-likeness (QED) is 0.881. The molecule has 1 aromatic rings. The van der Waals surface area contributed by atoms with E-state index in [2.05, 4.69) is 41.4 Å². The van der Waals surface area contributed by atoms with Crippen molar-refractivity contribution in [3.05, 3.63) is 24.3 Å². The molecule has 3 rings (SSSR count). The van der Waals surface area contributed by atoms with E-state index in [-0.39, 0.29) is 0 Å². The van der Waals surface area contributed by atoms with Crippen LogP contribution in [0.1, 0.15) is 32.6 Å². The van der Waals surface area contributed by atoms with E-state index in [1.165, 1.54) is 24.9 Å². The van der Waals surface area contributed by atoms with Gasteiger partial charge in [-0.3, -0.25) is 0 Å². The fraction of sp³-hybridized carbons (Fsp3) is 0.625. The van der Waals surface area contributed by atoms with Gasteiger partial charge >= 0.3 is 0 Å². The zero-order valence-corrected chi connectivity index (χ0v) is 11.8. The van der Waals surface area contributed by atoms with Crippen LogP contribution in [0.3, 0.4) is 0 Å². The molecule has 1 aromatic carbocycles. The van der Waals surface area contributed by atoms with Crippen LogP contribution in [-0.4, -0.2) is 31.8 Å². The van der Waals surface area contributed by atoms with Gasteiger partial charge in [-0.25, -0.2) is 0 Å². The molecule has 0 bridgehead atoms. The monoisotopic (exact) mass is 260 g/mol. The molecule has 1 unspecified atom stereocenters. The zero-order valence-electron chi connectivity index (χ0n) is 11.8. The molecule has 0 radical (unpaired) electrons. The molecule has 3 heteroatoms. The molecular formula is C16H24N2O. The second kappa shape index (κ2) is 5.83. The molecule has 3 nitrogen and oxygen atoms in total. The van der Waals surface area contributed by atoms with Gasteiger partial charge in [0.15, 0.2) is 0 Å². The van der Waals surface area contributed by atoms with E-state index >= 15 is 0 Å². The number of fused-ring (bicyclic) bond motifs is 1. The van der Waals surface area contributed by atoms with Crippen LogP contribution in [0.15, 0.2) is 24.3 Å². The highest BCUT2D eigenvalue weighted by molar-refractivity contribution is 5.59. The summed E-state index contributed by atoms with van der Waals surface area (Å²) in [5.74, 6) is 1.04. The Kier molecular flexibility index (Phi) is 3.92. The van der Waals surface area contributed by atoms with Gasteiger partial charge in [0.25, 0.3) is 0 Å². The van der Waals surface area contributed by atoms with E-state index < -0.39 is 0 Å². The van der Waals surface area contributed by atoms with Crippen LogP contribution in [0.2, 0.25) is 0 Å². The number of hydrogen-bond acceptors (Lipinski definition) is 3. The predicted molar refractivity (Wildman–Crippen MR) is 79.0 cm³/mol. The number of ether oxygens (including phenoxy) is 1. The Bertz CT molecular complexity index is 417. The molecule has 2 aliphatic rings. The van der Waals surface area contributed by atoms with Gasteiger partial charge in [0.05, 0.1) is 12.3 Å². The SMILES string of the molecule is CC(CCNC1CC1)N1CCCOc2ccccc21. The van der Waals surface area contributed by atoms with E-state index in [0.29, 0.717) is 6.04 Å². The number of nitrogens with zero attached hydrogens (tertiary/aromatic N) is 1. The van der Waals surface area contributed by atoms with Crippen molar-refractivity contribution in [1.82, 2.24) is 5.32 Å². The minimum atomic E-state index is 0.564. The summed E-state index contributed by atoms with van der Waals surface area (Å²) < 4.78 is 5.82. The van der Waals surface area contributed by atoms with Crippen LogP contribution in [0.5, 0.6) is 5.75 Å². The number of anilines is 1. The summed E-state index contributed by atoms with van der Waals surface area (Å²) in [6.45, 7) is 5.39. The molecule has 0 spiro atoms. The third-order valence-corrected chi connectivity index (χ3v) is 4.08. The number of benzene rings is 1. The number of rotatable bonds is 5. The maximum atomic E-state index is 5.82. The molecule has 1 aliphatic carbocycles. The van der Waals surface area contributed by atoms with Crippen LogP contribution in [0, 0.1) is 0 Å². The molecular weight excluding hydrogens is 236 g/mol. The lowest BCUT2D eigenvalue weighted by atomic mass is 10.1. The van der Waals surface area contributed by atoms with Gasteiger partial charge in [-0.1, -0.05) is 12.1 Å². The lowest BCUT2D eigenvalue weighted by Crippen LogP contribution is -2.36. The van der Waals surface area contributed by atoms with Crippen LogP contribution in [-0.2, 0) is 0 Å². The van der Waals surface area contributed by atoms with Crippen LogP contribution >= 0.6 is 0 Å². The summed E-state index contributed by atoms with van der Waals surface area (Å²) in [5, 5.41) is 3.61. The van der Waals surface area contributed by atoms with Gasteiger partial charge in [-0.05, 0) is 51.3 Å². The fourth-order valence-corrected chi connectivity index (χ4v) is 2.75. The Morgan fingerprint density at radius 3 is 3.05 bits per heavy atom. The van der Waals surface area contributed by atoms with Crippen molar-refractivity contribution < 1.29 is 4.74 Å². The maximum absolute atomic E-state index is 5.82. The van der Waals surface area contributed by atoms with Gasteiger partial charge in [0.1, 0.15) is 5.75 Å². The van der Waals surface area contributed by atoms with E-state index in [4.69, 9.17) is 4.74 Å². The summed E-state index contributed by atoms with van der Waals surface area (Å²) in [6, 6.07) is 9.81. The summed E-state index contributed by atoms with van der Waals surface area (Å²) in [4.78, 5) is 2.51. The van der Waals surface area contributed by atoms with E-state index in [0.717, 1.165) is 37.9 Å². The fourth-order valence-electron chi connectivity index (χ4n) is 2.75. The normalized spacial score (nSPS) is 20.4. The highest BCUT2D eigenvalue weighted by Crippen LogP contribution is 2.32. The van der Waals surface area contributed by atoms with E-state index in [1.807, 2.05) is 0 Å². The van der Waals surface area contributed by atoms with Crippen molar-refractivity contribution in [2.45, 2.75) is 44.7 Å². The molecule has 1 fully saturated rings. The van der Waals surface area contributed by atoms with Gasteiger partial charge in [0, 0.05) is 18.6 Å². The van der Waals surface area contributed by atoms with Gasteiger partial charge in [-0.15, -0.1) is 0 Å². The average Bonchev–Trinajstić information content (AvgIpc) is 3.24. The van der Waals surface area contributed by atoms with Gasteiger partial charge < -0.3 is 15.0 Å². The number of hydrogen-bond donors (Lipinski definition) is 1. The van der Waals surface area contributed by atoms with Crippen molar-refractivity contribution in [3.8, 4) is 5.75 Å². The molecule has 1 heterocycles. The minimum Gasteiger partial charge on any atom is -0.491 e. The first-order valence-electron chi connectivity index (χ1n) is 7.56. The summed E-state index contributed by atoms with van der Waals surface area (Å²) in [7, 11) is 0. The largest absolute Gasteiger partial charge is 0.491 e. The Morgan fingerprint density at radius 1 is 1.37 bits per heavy atom. The summed E-state index contributed by atoms with van der Waals surface area (Å²) in [5.41, 5.74) is 1.26. The summed E-state index contributed by atoms with van der Waals surface area (Å²) >= 11 is 0. The van der Waals surface area contributed by atoms with Crippen molar-refractivity contribution in [3.63, 3.8) is 0 Å². The van der Waals surface area contributed by atoms with Crippen LogP contribution in [0.25, 0.3) is 0 Å². The maximum Gasteiger partial charge on any atom is 0.142 e. The molecule has 0 aromatic heterocycles. The first-order valence-corrected chi connectivity index (χ1v) is 7.56. The predicted octanol–water partition coefficient (Wildman–Crippen LogP) is 2.81. The molecule has 0 amide bonds. The first-order chi connectivity index (χ1) is 9.34. The Labute approximate surface area is 115 Å². The molecule has 1 saturated carbocycles. The number of nitrogens with one attached hydrogen (secondary N) is 1. The topological polar surface area (TPSA) is 24.5 Å². The molecule has 104 valence electrons. The Hall–Kier alpha value is -1.22. The average molecular weight is 260 g/mol. The standard InChI is InChI=1S/C16H24N2O/c1-13(9-10-17-14-7-8-14)18-11-4-12-19-16-6-3-2-5-15(16)18/h2-3,5-6,13-14,17H,4,7-12H2,1H3. The van der Waals surface area contributed by atoms with Crippen LogP contribution in [0.4, 0.5) is 5.69 Å². The molecule has 1 atom stereocenters.